The van der Waals surface area contributed by atoms with Gasteiger partial charge in [0.15, 0.2) is 0 Å². The molecular weight excluding hydrogens is 182 g/mol. The SMILES string of the molecule is CNC1CCC(C(C)(C)C2CCCC2)C1. The summed E-state index contributed by atoms with van der Waals surface area (Å²) in [7, 11) is 2.12. The van der Waals surface area contributed by atoms with Gasteiger partial charge in [0.2, 0.25) is 0 Å². The molecule has 2 rings (SSSR count). The average Bonchev–Trinajstić information content (AvgIpc) is 2.89. The number of hydrogen-bond donors (Lipinski definition) is 1. The summed E-state index contributed by atoms with van der Waals surface area (Å²) in [4.78, 5) is 0. The van der Waals surface area contributed by atoms with Crippen LogP contribution in [0.25, 0.3) is 0 Å². The Morgan fingerprint density at radius 3 is 2.13 bits per heavy atom. The topological polar surface area (TPSA) is 12.0 Å². The zero-order valence-corrected chi connectivity index (χ0v) is 10.7. The fourth-order valence-electron chi connectivity index (χ4n) is 3.92. The van der Waals surface area contributed by atoms with E-state index in [2.05, 4.69) is 26.2 Å². The summed E-state index contributed by atoms with van der Waals surface area (Å²) >= 11 is 0. The maximum atomic E-state index is 3.46. The smallest absolute Gasteiger partial charge is 0.00670 e. The van der Waals surface area contributed by atoms with Crippen LogP contribution in [0.2, 0.25) is 0 Å². The monoisotopic (exact) mass is 209 g/mol. The van der Waals surface area contributed by atoms with Crippen LogP contribution in [0, 0.1) is 17.3 Å². The fourth-order valence-corrected chi connectivity index (χ4v) is 3.92. The van der Waals surface area contributed by atoms with Crippen LogP contribution < -0.4 is 5.32 Å². The minimum Gasteiger partial charge on any atom is -0.317 e. The second-order valence-electron chi connectivity index (χ2n) is 6.30. The molecule has 88 valence electrons. The average molecular weight is 209 g/mol. The Morgan fingerprint density at radius 1 is 0.933 bits per heavy atom. The van der Waals surface area contributed by atoms with Crippen molar-refractivity contribution < 1.29 is 0 Å². The third kappa shape index (κ3) is 2.22. The molecule has 2 aliphatic carbocycles. The van der Waals surface area contributed by atoms with Crippen LogP contribution in [-0.4, -0.2) is 13.1 Å². The van der Waals surface area contributed by atoms with Crippen LogP contribution >= 0.6 is 0 Å². The first kappa shape index (κ1) is 11.4. The highest BCUT2D eigenvalue weighted by Crippen LogP contribution is 2.49. The van der Waals surface area contributed by atoms with E-state index in [0.29, 0.717) is 5.41 Å². The molecule has 2 saturated carbocycles. The summed E-state index contributed by atoms with van der Waals surface area (Å²) in [6.45, 7) is 5.07. The van der Waals surface area contributed by atoms with E-state index in [9.17, 15) is 0 Å². The standard InChI is InChI=1S/C14H27N/c1-14(2,11-6-4-5-7-11)12-8-9-13(10-12)15-3/h11-13,15H,4-10H2,1-3H3. The van der Waals surface area contributed by atoms with Crippen molar-refractivity contribution in [3.8, 4) is 0 Å². The van der Waals surface area contributed by atoms with Gasteiger partial charge in [-0.15, -0.1) is 0 Å². The first-order valence-corrected chi connectivity index (χ1v) is 6.82. The molecule has 0 amide bonds. The van der Waals surface area contributed by atoms with Crippen molar-refractivity contribution >= 4 is 0 Å². The fraction of sp³-hybridized carbons (Fsp3) is 1.00. The Morgan fingerprint density at radius 2 is 1.60 bits per heavy atom. The van der Waals surface area contributed by atoms with Gasteiger partial charge in [0.25, 0.3) is 0 Å². The van der Waals surface area contributed by atoms with E-state index in [1.54, 1.807) is 0 Å². The van der Waals surface area contributed by atoms with Crippen LogP contribution in [0.5, 0.6) is 0 Å². The van der Waals surface area contributed by atoms with Crippen LogP contribution in [0.15, 0.2) is 0 Å². The molecule has 2 aliphatic rings. The van der Waals surface area contributed by atoms with E-state index in [4.69, 9.17) is 0 Å². The predicted molar refractivity (Wildman–Crippen MR) is 65.9 cm³/mol. The lowest BCUT2D eigenvalue weighted by molar-refractivity contribution is 0.119. The van der Waals surface area contributed by atoms with Crippen LogP contribution in [0.1, 0.15) is 58.8 Å². The summed E-state index contributed by atoms with van der Waals surface area (Å²) in [5.74, 6) is 1.98. The highest BCUT2D eigenvalue weighted by Gasteiger charge is 2.41. The van der Waals surface area contributed by atoms with Gasteiger partial charge in [-0.2, -0.15) is 0 Å². The Balaban J connectivity index is 1.96. The minimum absolute atomic E-state index is 0.599. The lowest BCUT2D eigenvalue weighted by atomic mass is 9.68. The number of rotatable bonds is 3. The Hall–Kier alpha value is -0.0400. The molecule has 0 aromatic carbocycles. The number of hydrogen-bond acceptors (Lipinski definition) is 1. The van der Waals surface area contributed by atoms with Gasteiger partial charge in [0.1, 0.15) is 0 Å². The first-order valence-electron chi connectivity index (χ1n) is 6.82. The molecule has 0 spiro atoms. The molecule has 0 heterocycles. The summed E-state index contributed by atoms with van der Waals surface area (Å²) in [5, 5.41) is 3.46. The molecule has 2 fully saturated rings. The molecule has 0 radical (unpaired) electrons. The molecule has 0 aromatic heterocycles. The van der Waals surface area contributed by atoms with E-state index in [-0.39, 0.29) is 0 Å². The van der Waals surface area contributed by atoms with Crippen molar-refractivity contribution in [2.24, 2.45) is 17.3 Å². The van der Waals surface area contributed by atoms with Crippen molar-refractivity contribution in [1.29, 1.82) is 0 Å². The van der Waals surface area contributed by atoms with E-state index in [1.807, 2.05) is 0 Å². The molecule has 0 aromatic rings. The van der Waals surface area contributed by atoms with Crippen LogP contribution in [0.3, 0.4) is 0 Å². The van der Waals surface area contributed by atoms with Crippen LogP contribution in [0.4, 0.5) is 0 Å². The van der Waals surface area contributed by atoms with Crippen molar-refractivity contribution in [3.63, 3.8) is 0 Å². The minimum atomic E-state index is 0.599. The van der Waals surface area contributed by atoms with Crippen molar-refractivity contribution in [1.82, 2.24) is 5.32 Å². The van der Waals surface area contributed by atoms with Crippen molar-refractivity contribution in [2.45, 2.75) is 64.8 Å². The summed E-state index contributed by atoms with van der Waals surface area (Å²) in [6.07, 6.45) is 10.2. The summed E-state index contributed by atoms with van der Waals surface area (Å²) in [6, 6.07) is 0.802. The second kappa shape index (κ2) is 4.45. The predicted octanol–water partition coefficient (Wildman–Crippen LogP) is 3.59. The van der Waals surface area contributed by atoms with E-state index in [1.165, 1.54) is 44.9 Å². The molecule has 1 N–H and O–H groups in total. The van der Waals surface area contributed by atoms with Gasteiger partial charge in [-0.1, -0.05) is 26.7 Å². The molecule has 15 heavy (non-hydrogen) atoms. The van der Waals surface area contributed by atoms with Crippen molar-refractivity contribution in [2.75, 3.05) is 7.05 Å². The summed E-state index contributed by atoms with van der Waals surface area (Å²) in [5.41, 5.74) is 0.599. The van der Waals surface area contributed by atoms with Gasteiger partial charge in [-0.05, 0) is 56.4 Å². The molecule has 0 aliphatic heterocycles. The number of nitrogens with one attached hydrogen (secondary N) is 1. The lowest BCUT2D eigenvalue weighted by Gasteiger charge is -2.38. The normalized spacial score (nSPS) is 33.8. The van der Waals surface area contributed by atoms with Gasteiger partial charge in [-0.3, -0.25) is 0 Å². The molecular formula is C14H27N. The van der Waals surface area contributed by atoms with Crippen LogP contribution in [-0.2, 0) is 0 Å². The molecule has 1 heteroatoms. The Labute approximate surface area is 95.0 Å². The maximum absolute atomic E-state index is 3.46. The molecule has 2 unspecified atom stereocenters. The van der Waals surface area contributed by atoms with E-state index in [0.717, 1.165) is 17.9 Å². The third-order valence-corrected chi connectivity index (χ3v) is 5.30. The van der Waals surface area contributed by atoms with Gasteiger partial charge in [0.05, 0.1) is 0 Å². The van der Waals surface area contributed by atoms with Gasteiger partial charge < -0.3 is 5.32 Å². The van der Waals surface area contributed by atoms with E-state index >= 15 is 0 Å². The highest BCUT2D eigenvalue weighted by atomic mass is 14.9. The van der Waals surface area contributed by atoms with Gasteiger partial charge in [-0.25, -0.2) is 0 Å². The largest absolute Gasteiger partial charge is 0.317 e. The van der Waals surface area contributed by atoms with Gasteiger partial charge in [0, 0.05) is 6.04 Å². The zero-order chi connectivity index (χ0) is 10.9. The molecule has 0 saturated heterocycles. The Bertz CT molecular complexity index is 203. The maximum Gasteiger partial charge on any atom is 0.00670 e. The lowest BCUT2D eigenvalue weighted by Crippen LogP contribution is -2.31. The summed E-state index contributed by atoms with van der Waals surface area (Å²) < 4.78 is 0. The molecule has 2 atom stereocenters. The highest BCUT2D eigenvalue weighted by molar-refractivity contribution is 4.93. The zero-order valence-electron chi connectivity index (χ0n) is 10.7. The van der Waals surface area contributed by atoms with E-state index < -0.39 is 0 Å². The molecule has 1 nitrogen and oxygen atoms in total. The van der Waals surface area contributed by atoms with Gasteiger partial charge >= 0.3 is 0 Å². The Kier molecular flexibility index (Phi) is 3.39. The third-order valence-electron chi connectivity index (χ3n) is 5.30. The first-order chi connectivity index (χ1) is 7.14. The van der Waals surface area contributed by atoms with Crippen molar-refractivity contribution in [3.05, 3.63) is 0 Å². The quantitative estimate of drug-likeness (QED) is 0.749. The molecule has 0 bridgehead atoms. The second-order valence-corrected chi connectivity index (χ2v) is 6.30.